The third kappa shape index (κ3) is 4.18. The predicted molar refractivity (Wildman–Crippen MR) is 114 cm³/mol. The molecule has 7 nitrogen and oxygen atoms in total. The maximum absolute atomic E-state index is 12.7. The number of hydrogen-bond donors (Lipinski definition) is 3. The van der Waals surface area contributed by atoms with Crippen LogP contribution in [0.1, 0.15) is 37.6 Å². The van der Waals surface area contributed by atoms with Gasteiger partial charge >= 0.3 is 6.03 Å². The molecular formula is C22H19N3O4S. The Balaban J connectivity index is 1.51. The molecule has 4 rings (SSSR count). The Kier molecular flexibility index (Phi) is 5.49. The van der Waals surface area contributed by atoms with Crippen molar-refractivity contribution in [3.05, 3.63) is 76.2 Å². The zero-order valence-corrected chi connectivity index (χ0v) is 16.8. The van der Waals surface area contributed by atoms with Crippen LogP contribution < -0.4 is 21.1 Å². The molecule has 1 aromatic heterocycles. The minimum Gasteiger partial charge on any atom is -0.457 e. The van der Waals surface area contributed by atoms with E-state index in [0.29, 0.717) is 27.6 Å². The first-order valence-corrected chi connectivity index (χ1v) is 10.2. The minimum atomic E-state index is -0.927. The summed E-state index contributed by atoms with van der Waals surface area (Å²) in [5.41, 5.74) is 6.71. The quantitative estimate of drug-likeness (QED) is 0.576. The number of nitrogens with one attached hydrogen (secondary N) is 2. The molecule has 0 spiro atoms. The Morgan fingerprint density at radius 2 is 1.60 bits per heavy atom. The fourth-order valence-electron chi connectivity index (χ4n) is 3.38. The van der Waals surface area contributed by atoms with Gasteiger partial charge in [-0.05, 0) is 61.2 Å². The molecule has 0 aliphatic heterocycles. The first-order chi connectivity index (χ1) is 14.5. The van der Waals surface area contributed by atoms with Gasteiger partial charge in [0.1, 0.15) is 16.5 Å². The molecule has 0 atom stereocenters. The molecule has 0 bridgehead atoms. The highest BCUT2D eigenvalue weighted by Crippen LogP contribution is 2.39. The highest BCUT2D eigenvalue weighted by Gasteiger charge is 2.28. The monoisotopic (exact) mass is 421 g/mol. The summed E-state index contributed by atoms with van der Waals surface area (Å²) >= 11 is 1.36. The van der Waals surface area contributed by atoms with Crippen LogP contribution in [-0.4, -0.2) is 17.8 Å². The van der Waals surface area contributed by atoms with Gasteiger partial charge < -0.3 is 15.8 Å². The van der Waals surface area contributed by atoms with Gasteiger partial charge in [-0.2, -0.15) is 0 Å². The second-order valence-corrected chi connectivity index (χ2v) is 7.88. The summed E-state index contributed by atoms with van der Waals surface area (Å²) in [4.78, 5) is 37.4. The van der Waals surface area contributed by atoms with E-state index in [2.05, 4.69) is 10.6 Å². The number of urea groups is 1. The first-order valence-electron chi connectivity index (χ1n) is 9.41. The summed E-state index contributed by atoms with van der Waals surface area (Å²) in [7, 11) is 0. The van der Waals surface area contributed by atoms with Gasteiger partial charge in [0.05, 0.1) is 5.56 Å². The molecule has 1 aliphatic rings. The SMILES string of the molecule is NC(=O)NC(=O)c1c(NC(=O)c2ccc(Oc3ccccc3)cc2)sc2c1CCC2. The van der Waals surface area contributed by atoms with Gasteiger partial charge in [0.25, 0.3) is 11.8 Å². The second-order valence-electron chi connectivity index (χ2n) is 6.77. The summed E-state index contributed by atoms with van der Waals surface area (Å²) in [6, 6.07) is 15.1. The fourth-order valence-corrected chi connectivity index (χ4v) is 4.66. The van der Waals surface area contributed by atoms with Crippen LogP contribution in [0.25, 0.3) is 0 Å². The number of carbonyl (C=O) groups excluding carboxylic acids is 3. The average Bonchev–Trinajstić information content (AvgIpc) is 3.29. The number of amides is 4. The molecular weight excluding hydrogens is 402 g/mol. The van der Waals surface area contributed by atoms with E-state index in [9.17, 15) is 14.4 Å². The Morgan fingerprint density at radius 1 is 0.900 bits per heavy atom. The van der Waals surface area contributed by atoms with E-state index in [1.807, 2.05) is 30.3 Å². The lowest BCUT2D eigenvalue weighted by Gasteiger charge is -2.09. The smallest absolute Gasteiger partial charge is 0.319 e. The zero-order valence-electron chi connectivity index (χ0n) is 15.9. The number of carbonyl (C=O) groups is 3. The van der Waals surface area contributed by atoms with E-state index in [1.54, 1.807) is 24.3 Å². The number of benzene rings is 2. The number of ether oxygens (including phenoxy) is 1. The number of aryl methyl sites for hydroxylation is 1. The maximum Gasteiger partial charge on any atom is 0.319 e. The zero-order chi connectivity index (χ0) is 21.1. The van der Waals surface area contributed by atoms with Crippen molar-refractivity contribution in [1.29, 1.82) is 0 Å². The number of hydrogen-bond acceptors (Lipinski definition) is 5. The highest BCUT2D eigenvalue weighted by atomic mass is 32.1. The summed E-state index contributed by atoms with van der Waals surface area (Å²) in [6.45, 7) is 0. The number of thiophene rings is 1. The van der Waals surface area contributed by atoms with E-state index >= 15 is 0 Å². The third-order valence-corrected chi connectivity index (χ3v) is 5.91. The second kappa shape index (κ2) is 8.38. The van der Waals surface area contributed by atoms with Crippen LogP contribution in [-0.2, 0) is 12.8 Å². The van der Waals surface area contributed by atoms with Gasteiger partial charge in [-0.25, -0.2) is 4.79 Å². The van der Waals surface area contributed by atoms with E-state index in [0.717, 1.165) is 29.7 Å². The van der Waals surface area contributed by atoms with Crippen molar-refractivity contribution in [3.8, 4) is 11.5 Å². The van der Waals surface area contributed by atoms with Crippen molar-refractivity contribution in [2.24, 2.45) is 5.73 Å². The molecule has 2 aromatic carbocycles. The molecule has 0 saturated heterocycles. The molecule has 0 unspecified atom stereocenters. The average molecular weight is 421 g/mol. The van der Waals surface area contributed by atoms with Crippen molar-refractivity contribution in [2.75, 3.05) is 5.32 Å². The Bertz CT molecular complexity index is 1110. The van der Waals surface area contributed by atoms with Gasteiger partial charge in [0, 0.05) is 10.4 Å². The molecule has 0 fully saturated rings. The van der Waals surface area contributed by atoms with Crippen LogP contribution in [0.3, 0.4) is 0 Å². The minimum absolute atomic E-state index is 0.323. The largest absolute Gasteiger partial charge is 0.457 e. The van der Waals surface area contributed by atoms with Gasteiger partial charge in [-0.1, -0.05) is 18.2 Å². The van der Waals surface area contributed by atoms with E-state index in [4.69, 9.17) is 10.5 Å². The number of primary amides is 1. The summed E-state index contributed by atoms with van der Waals surface area (Å²) in [6.07, 6.45) is 2.52. The van der Waals surface area contributed by atoms with Gasteiger partial charge in [-0.3, -0.25) is 14.9 Å². The number of nitrogens with two attached hydrogens (primary N) is 1. The lowest BCUT2D eigenvalue weighted by molar-refractivity contribution is 0.0966. The summed E-state index contributed by atoms with van der Waals surface area (Å²) in [5, 5.41) is 5.33. The van der Waals surface area contributed by atoms with Crippen LogP contribution in [0.2, 0.25) is 0 Å². The van der Waals surface area contributed by atoms with Crippen LogP contribution in [0.5, 0.6) is 11.5 Å². The topological polar surface area (TPSA) is 111 Å². The molecule has 1 heterocycles. The number of rotatable bonds is 5. The molecule has 4 N–H and O–H groups in total. The molecule has 152 valence electrons. The van der Waals surface area contributed by atoms with Crippen molar-refractivity contribution < 1.29 is 19.1 Å². The third-order valence-electron chi connectivity index (χ3n) is 4.71. The Labute approximate surface area is 176 Å². The maximum atomic E-state index is 12.7. The molecule has 1 aliphatic carbocycles. The summed E-state index contributed by atoms with van der Waals surface area (Å²) < 4.78 is 5.73. The molecule has 0 saturated carbocycles. The van der Waals surface area contributed by atoms with Crippen molar-refractivity contribution in [1.82, 2.24) is 5.32 Å². The van der Waals surface area contributed by atoms with E-state index < -0.39 is 11.9 Å². The number of imide groups is 1. The predicted octanol–water partition coefficient (Wildman–Crippen LogP) is 4.09. The van der Waals surface area contributed by atoms with Crippen molar-refractivity contribution in [3.63, 3.8) is 0 Å². The molecule has 0 radical (unpaired) electrons. The standard InChI is InChI=1S/C22H19N3O4S/c23-22(28)25-20(27)18-16-7-4-8-17(16)30-21(18)24-19(26)13-9-11-15(12-10-13)29-14-5-2-1-3-6-14/h1-3,5-6,9-12H,4,7-8H2,(H,24,26)(H3,23,25,27,28). The van der Waals surface area contributed by atoms with E-state index in [-0.39, 0.29) is 5.91 Å². The van der Waals surface area contributed by atoms with Crippen molar-refractivity contribution in [2.45, 2.75) is 19.3 Å². The lowest BCUT2D eigenvalue weighted by atomic mass is 10.1. The normalized spacial score (nSPS) is 12.1. The highest BCUT2D eigenvalue weighted by molar-refractivity contribution is 7.17. The van der Waals surface area contributed by atoms with Gasteiger partial charge in [0.15, 0.2) is 0 Å². The molecule has 3 aromatic rings. The Morgan fingerprint density at radius 3 is 2.30 bits per heavy atom. The molecule has 4 amide bonds. The van der Waals surface area contributed by atoms with E-state index in [1.165, 1.54) is 11.3 Å². The van der Waals surface area contributed by atoms with Crippen LogP contribution >= 0.6 is 11.3 Å². The van der Waals surface area contributed by atoms with Crippen LogP contribution in [0.15, 0.2) is 54.6 Å². The number of anilines is 1. The summed E-state index contributed by atoms with van der Waals surface area (Å²) in [5.74, 6) is 0.361. The fraction of sp³-hybridized carbons (Fsp3) is 0.136. The molecule has 8 heteroatoms. The number of para-hydroxylation sites is 1. The van der Waals surface area contributed by atoms with Crippen LogP contribution in [0.4, 0.5) is 9.80 Å². The number of fused-ring (bicyclic) bond motifs is 1. The first kappa shape index (κ1) is 19.7. The Hall–Kier alpha value is -3.65. The van der Waals surface area contributed by atoms with Crippen LogP contribution in [0, 0.1) is 0 Å². The lowest BCUT2D eigenvalue weighted by Crippen LogP contribution is -2.35. The van der Waals surface area contributed by atoms with Gasteiger partial charge in [-0.15, -0.1) is 11.3 Å². The van der Waals surface area contributed by atoms with Crippen molar-refractivity contribution >= 4 is 34.2 Å². The molecule has 30 heavy (non-hydrogen) atoms. The van der Waals surface area contributed by atoms with Gasteiger partial charge in [0.2, 0.25) is 0 Å².